The van der Waals surface area contributed by atoms with Crippen molar-refractivity contribution < 1.29 is 90.7 Å². The number of hydrogen-bond acceptors (Lipinski definition) is 6. The van der Waals surface area contributed by atoms with E-state index in [0.717, 1.165) is 6.92 Å². The SMILES string of the molecule is CC(=O)O.O=S([O-])S(=O)(=O)[O-].[Na+].[Na+]. The standard InChI is InChI=1S/C2H4O2.2Na.H2O5S2/c1-2(3)4;;;1-6(2)7(3,4)5/h1H3,(H,3,4);;;(H,1,2)(H,3,4,5)/q;2*+1;/p-2. The van der Waals surface area contributed by atoms with Gasteiger partial charge in [-0.15, -0.1) is 0 Å². The zero-order valence-corrected chi connectivity index (χ0v) is 12.8. The molecule has 0 spiro atoms. The van der Waals surface area contributed by atoms with Crippen molar-refractivity contribution in [3.05, 3.63) is 0 Å². The Hall–Kier alpha value is 1.49. The molecule has 1 atom stereocenters. The zero-order valence-electron chi connectivity index (χ0n) is 7.21. The van der Waals surface area contributed by atoms with Gasteiger partial charge < -0.3 is 14.2 Å². The van der Waals surface area contributed by atoms with Crippen LogP contribution in [0.3, 0.4) is 0 Å². The molecule has 1 N–H and O–H groups in total. The Morgan fingerprint density at radius 3 is 1.46 bits per heavy atom. The van der Waals surface area contributed by atoms with Crippen molar-refractivity contribution in [3.8, 4) is 0 Å². The molecule has 0 amide bonds. The molecule has 0 aromatic carbocycles. The molecule has 0 aliphatic carbocycles. The summed E-state index contributed by atoms with van der Waals surface area (Å²) in [6, 6.07) is 0. The summed E-state index contributed by atoms with van der Waals surface area (Å²) in [5, 5.41) is 7.42. The molecule has 1 unspecified atom stereocenters. The minimum Gasteiger partial charge on any atom is -0.761 e. The average molecular weight is 250 g/mol. The van der Waals surface area contributed by atoms with E-state index >= 15 is 0 Å². The molecule has 0 aliphatic heterocycles. The van der Waals surface area contributed by atoms with Gasteiger partial charge in [-0.2, -0.15) is 0 Å². The first kappa shape index (κ1) is 24.0. The molecule has 13 heavy (non-hydrogen) atoms. The second-order valence-corrected chi connectivity index (χ2v) is 4.40. The third-order valence-corrected chi connectivity index (χ3v) is 1.50. The predicted octanol–water partition coefficient (Wildman–Crippen LogP) is -7.58. The minimum atomic E-state index is -5.07. The fourth-order valence-electron chi connectivity index (χ4n) is 0. The Kier molecular flexibility index (Phi) is 21.3. The topological polar surface area (TPSA) is 135 Å². The van der Waals surface area contributed by atoms with Gasteiger partial charge in [-0.1, -0.05) is 0 Å². The summed E-state index contributed by atoms with van der Waals surface area (Å²) in [5.41, 5.74) is 0. The van der Waals surface area contributed by atoms with Crippen molar-refractivity contribution in [2.24, 2.45) is 0 Å². The Balaban J connectivity index is -0.0000000600. The van der Waals surface area contributed by atoms with Crippen LogP contribution >= 0.6 is 0 Å². The van der Waals surface area contributed by atoms with E-state index in [4.69, 9.17) is 31.6 Å². The third kappa shape index (κ3) is 31.7. The second kappa shape index (κ2) is 11.6. The Morgan fingerprint density at radius 2 is 1.46 bits per heavy atom. The average Bonchev–Trinajstić information content (AvgIpc) is 1.59. The Labute approximate surface area is 121 Å². The Morgan fingerprint density at radius 1 is 1.38 bits per heavy atom. The number of rotatable bonds is 1. The van der Waals surface area contributed by atoms with Gasteiger partial charge in [0.2, 0.25) is 0 Å². The molecule has 0 aliphatic rings. The largest absolute Gasteiger partial charge is 1.00 e. The van der Waals surface area contributed by atoms with Crippen LogP contribution in [-0.2, 0) is 24.1 Å². The molecule has 0 rings (SSSR count). The molecule has 0 aromatic heterocycles. The first-order valence-electron chi connectivity index (χ1n) is 1.93. The number of carbonyl (C=O) groups is 1. The summed E-state index contributed by atoms with van der Waals surface area (Å²) < 4.78 is 45.7. The van der Waals surface area contributed by atoms with E-state index < -0.39 is 25.2 Å². The van der Waals surface area contributed by atoms with Crippen LogP contribution in [-0.4, -0.2) is 32.8 Å². The Bertz CT molecular complexity index is 241. The van der Waals surface area contributed by atoms with Crippen molar-refractivity contribution in [1.29, 1.82) is 0 Å². The fraction of sp³-hybridized carbons (Fsp3) is 0.500. The van der Waals surface area contributed by atoms with E-state index in [1.54, 1.807) is 0 Å². The number of aliphatic carboxylic acids is 1. The van der Waals surface area contributed by atoms with Crippen molar-refractivity contribution >= 4 is 25.2 Å². The summed E-state index contributed by atoms with van der Waals surface area (Å²) in [4.78, 5) is 9.00. The van der Waals surface area contributed by atoms with Crippen LogP contribution in [0.4, 0.5) is 0 Å². The molecule has 0 aromatic rings. The van der Waals surface area contributed by atoms with Crippen LogP contribution in [0, 0.1) is 0 Å². The molecule has 7 nitrogen and oxygen atoms in total. The molecule has 0 saturated heterocycles. The first-order valence-corrected chi connectivity index (χ1v) is 4.93. The van der Waals surface area contributed by atoms with Gasteiger partial charge in [-0.3, -0.25) is 9.00 Å². The second-order valence-electron chi connectivity index (χ2n) is 1.13. The monoisotopic (exact) mass is 250 g/mol. The maximum absolute atomic E-state index is 9.16. The molecule has 0 radical (unpaired) electrons. The van der Waals surface area contributed by atoms with Gasteiger partial charge in [0.25, 0.3) is 5.97 Å². The van der Waals surface area contributed by atoms with Crippen LogP contribution in [0.5, 0.6) is 0 Å². The number of carboxylic acids is 1. The maximum atomic E-state index is 9.16. The van der Waals surface area contributed by atoms with Crippen molar-refractivity contribution in [2.45, 2.75) is 6.92 Å². The van der Waals surface area contributed by atoms with Gasteiger partial charge in [0.1, 0.15) is 0 Å². The molecular formula is C2H4Na2O7S2. The molecular weight excluding hydrogens is 246 g/mol. The van der Waals surface area contributed by atoms with Gasteiger partial charge in [0, 0.05) is 6.92 Å². The van der Waals surface area contributed by atoms with E-state index in [1.807, 2.05) is 0 Å². The van der Waals surface area contributed by atoms with Crippen LogP contribution in [0.15, 0.2) is 0 Å². The van der Waals surface area contributed by atoms with Crippen LogP contribution in [0.2, 0.25) is 0 Å². The van der Waals surface area contributed by atoms with Gasteiger partial charge in [-0.05, 0) is 0 Å². The van der Waals surface area contributed by atoms with Crippen molar-refractivity contribution in [2.75, 3.05) is 0 Å². The minimum absolute atomic E-state index is 0. The van der Waals surface area contributed by atoms with E-state index in [9.17, 15) is 0 Å². The fourth-order valence-corrected chi connectivity index (χ4v) is 0. The van der Waals surface area contributed by atoms with E-state index in [-0.39, 0.29) is 59.1 Å². The van der Waals surface area contributed by atoms with E-state index in [0.29, 0.717) is 0 Å². The summed E-state index contributed by atoms with van der Waals surface area (Å²) in [6.07, 6.45) is 0. The number of hydrogen-bond donors (Lipinski definition) is 1. The van der Waals surface area contributed by atoms with Crippen molar-refractivity contribution in [1.82, 2.24) is 0 Å². The summed E-state index contributed by atoms with van der Waals surface area (Å²) >= 11 is 0. The van der Waals surface area contributed by atoms with Crippen molar-refractivity contribution in [3.63, 3.8) is 0 Å². The third-order valence-electron chi connectivity index (χ3n) is 0.167. The summed E-state index contributed by atoms with van der Waals surface area (Å²) in [5.74, 6) is -0.833. The predicted molar refractivity (Wildman–Crippen MR) is 31.9 cm³/mol. The normalized spacial score (nSPS) is 10.7. The molecule has 0 heterocycles. The zero-order chi connectivity index (χ0) is 9.65. The van der Waals surface area contributed by atoms with Gasteiger partial charge >= 0.3 is 59.1 Å². The quantitative estimate of drug-likeness (QED) is 0.211. The van der Waals surface area contributed by atoms with Gasteiger partial charge in [-0.25, -0.2) is 8.42 Å². The summed E-state index contributed by atoms with van der Waals surface area (Å²) in [7, 11) is -8.59. The van der Waals surface area contributed by atoms with E-state index in [2.05, 4.69) is 0 Å². The van der Waals surface area contributed by atoms with Gasteiger partial charge in [0.05, 0.1) is 10.1 Å². The number of carboxylic acid groups (broad SMARTS) is 1. The molecule has 0 bridgehead atoms. The molecule has 68 valence electrons. The first-order chi connectivity index (χ1) is 4.68. The smallest absolute Gasteiger partial charge is 0.761 e. The van der Waals surface area contributed by atoms with E-state index in [1.165, 1.54) is 0 Å². The molecule has 0 fully saturated rings. The molecule has 11 heteroatoms. The maximum Gasteiger partial charge on any atom is 1.00 e. The van der Waals surface area contributed by atoms with Gasteiger partial charge in [0.15, 0.2) is 9.15 Å². The van der Waals surface area contributed by atoms with Crippen LogP contribution < -0.4 is 59.1 Å². The van der Waals surface area contributed by atoms with Crippen LogP contribution in [0.25, 0.3) is 0 Å². The van der Waals surface area contributed by atoms with Crippen LogP contribution in [0.1, 0.15) is 6.92 Å². The summed E-state index contributed by atoms with van der Waals surface area (Å²) in [6.45, 7) is 1.08. The molecule has 0 saturated carbocycles.